The normalized spacial score (nSPS) is 9.86. The molecule has 14 heavy (non-hydrogen) atoms. The highest BCUT2D eigenvalue weighted by Crippen LogP contribution is 2.19. The Morgan fingerprint density at radius 2 is 2.07 bits per heavy atom. The Balaban J connectivity index is 2.85. The van der Waals surface area contributed by atoms with Crippen LogP contribution in [-0.2, 0) is 4.74 Å². The topological polar surface area (TPSA) is 35.5 Å². The molecule has 3 nitrogen and oxygen atoms in total. The van der Waals surface area contributed by atoms with Gasteiger partial charge in [0, 0.05) is 13.5 Å². The molecule has 3 heteroatoms. The van der Waals surface area contributed by atoms with Gasteiger partial charge in [-0.05, 0) is 12.1 Å². The Bertz CT molecular complexity index is 307. The third kappa shape index (κ3) is 2.57. The number of ketones is 1. The third-order valence-electron chi connectivity index (χ3n) is 1.84. The third-order valence-corrected chi connectivity index (χ3v) is 1.84. The zero-order chi connectivity index (χ0) is 10.4. The summed E-state index contributed by atoms with van der Waals surface area (Å²) >= 11 is 0. The number of hydrogen-bond donors (Lipinski definition) is 0. The minimum atomic E-state index is 0.0803. The van der Waals surface area contributed by atoms with Crippen LogP contribution >= 0.6 is 0 Å². The second-order valence-electron chi connectivity index (χ2n) is 2.82. The van der Waals surface area contributed by atoms with E-state index in [-0.39, 0.29) is 12.6 Å². The van der Waals surface area contributed by atoms with Crippen LogP contribution in [0, 0.1) is 0 Å². The number of hydrogen-bond acceptors (Lipinski definition) is 3. The van der Waals surface area contributed by atoms with Crippen molar-refractivity contribution in [3.63, 3.8) is 0 Å². The zero-order valence-corrected chi connectivity index (χ0v) is 8.45. The molecule has 0 aliphatic heterocycles. The number of methoxy groups -OCH3 is 1. The van der Waals surface area contributed by atoms with Crippen molar-refractivity contribution in [2.75, 3.05) is 13.9 Å². The van der Waals surface area contributed by atoms with Gasteiger partial charge in [-0.1, -0.05) is 19.1 Å². The lowest BCUT2D eigenvalue weighted by Crippen LogP contribution is -2.05. The molecular formula is C11H14O3. The number of rotatable bonds is 5. The van der Waals surface area contributed by atoms with Gasteiger partial charge in [0.2, 0.25) is 0 Å². The highest BCUT2D eigenvalue weighted by molar-refractivity contribution is 5.98. The zero-order valence-electron chi connectivity index (χ0n) is 8.45. The van der Waals surface area contributed by atoms with Crippen LogP contribution in [0.5, 0.6) is 5.75 Å². The van der Waals surface area contributed by atoms with Gasteiger partial charge in [0.1, 0.15) is 5.75 Å². The molecule has 0 saturated heterocycles. The maximum Gasteiger partial charge on any atom is 0.188 e. The van der Waals surface area contributed by atoms with Crippen LogP contribution in [0.4, 0.5) is 0 Å². The minimum absolute atomic E-state index is 0.0803. The molecule has 1 aromatic carbocycles. The minimum Gasteiger partial charge on any atom is -0.467 e. The highest BCUT2D eigenvalue weighted by Gasteiger charge is 2.09. The van der Waals surface area contributed by atoms with Crippen LogP contribution in [-0.4, -0.2) is 19.7 Å². The van der Waals surface area contributed by atoms with Crippen LogP contribution < -0.4 is 4.74 Å². The van der Waals surface area contributed by atoms with Gasteiger partial charge in [-0.2, -0.15) is 0 Å². The molecule has 0 amide bonds. The molecular weight excluding hydrogens is 180 g/mol. The fourth-order valence-corrected chi connectivity index (χ4v) is 1.14. The number of Topliss-reactive ketones (excluding diaryl/α,β-unsaturated/α-hetero) is 1. The monoisotopic (exact) mass is 194 g/mol. The summed E-state index contributed by atoms with van der Waals surface area (Å²) in [7, 11) is 1.55. The molecule has 0 bridgehead atoms. The van der Waals surface area contributed by atoms with Crippen molar-refractivity contribution in [1.29, 1.82) is 0 Å². The van der Waals surface area contributed by atoms with Gasteiger partial charge in [-0.15, -0.1) is 0 Å². The van der Waals surface area contributed by atoms with Gasteiger partial charge < -0.3 is 9.47 Å². The van der Waals surface area contributed by atoms with E-state index in [2.05, 4.69) is 0 Å². The largest absolute Gasteiger partial charge is 0.467 e. The summed E-state index contributed by atoms with van der Waals surface area (Å²) in [5.41, 5.74) is 0.618. The smallest absolute Gasteiger partial charge is 0.188 e. The fourth-order valence-electron chi connectivity index (χ4n) is 1.14. The maximum absolute atomic E-state index is 11.5. The van der Waals surface area contributed by atoms with E-state index >= 15 is 0 Å². The maximum atomic E-state index is 11.5. The van der Waals surface area contributed by atoms with E-state index in [9.17, 15) is 4.79 Å². The van der Waals surface area contributed by atoms with Crippen molar-refractivity contribution in [2.24, 2.45) is 0 Å². The average Bonchev–Trinajstić information content (AvgIpc) is 2.25. The second-order valence-corrected chi connectivity index (χ2v) is 2.82. The predicted molar refractivity (Wildman–Crippen MR) is 53.6 cm³/mol. The van der Waals surface area contributed by atoms with Crippen LogP contribution in [0.2, 0.25) is 0 Å². The lowest BCUT2D eigenvalue weighted by atomic mass is 10.1. The summed E-state index contributed by atoms with van der Waals surface area (Å²) in [5.74, 6) is 0.665. The Morgan fingerprint density at radius 1 is 1.36 bits per heavy atom. The Labute approximate surface area is 83.6 Å². The van der Waals surface area contributed by atoms with E-state index in [4.69, 9.17) is 9.47 Å². The first-order chi connectivity index (χ1) is 6.79. The average molecular weight is 194 g/mol. The highest BCUT2D eigenvalue weighted by atomic mass is 16.7. The predicted octanol–water partition coefficient (Wildman–Crippen LogP) is 2.26. The first-order valence-electron chi connectivity index (χ1n) is 4.53. The molecule has 0 saturated carbocycles. The first kappa shape index (κ1) is 10.7. The van der Waals surface area contributed by atoms with Crippen LogP contribution in [0.15, 0.2) is 24.3 Å². The van der Waals surface area contributed by atoms with Crippen molar-refractivity contribution in [2.45, 2.75) is 13.3 Å². The quantitative estimate of drug-likeness (QED) is 0.532. The van der Waals surface area contributed by atoms with Crippen molar-refractivity contribution >= 4 is 5.78 Å². The molecule has 1 rings (SSSR count). The molecule has 0 fully saturated rings. The Hall–Kier alpha value is -1.35. The summed E-state index contributed by atoms with van der Waals surface area (Å²) in [6.45, 7) is 1.99. The summed E-state index contributed by atoms with van der Waals surface area (Å²) in [6, 6.07) is 7.18. The lowest BCUT2D eigenvalue weighted by molar-refractivity contribution is 0.0502. The molecule has 0 aliphatic carbocycles. The van der Waals surface area contributed by atoms with Crippen molar-refractivity contribution in [1.82, 2.24) is 0 Å². The number of ether oxygens (including phenoxy) is 2. The standard InChI is InChI=1S/C11H14O3/c1-3-10(12)9-6-4-5-7-11(9)14-8-13-2/h4-7H,3,8H2,1-2H3. The molecule has 0 radical (unpaired) electrons. The first-order valence-corrected chi connectivity index (χ1v) is 4.53. The number of carbonyl (C=O) groups is 1. The van der Waals surface area contributed by atoms with E-state index < -0.39 is 0 Å². The molecule has 0 atom stereocenters. The van der Waals surface area contributed by atoms with Crippen LogP contribution in [0.25, 0.3) is 0 Å². The van der Waals surface area contributed by atoms with E-state index in [0.29, 0.717) is 17.7 Å². The molecule has 0 unspecified atom stereocenters. The van der Waals surface area contributed by atoms with E-state index in [1.54, 1.807) is 19.2 Å². The SMILES string of the molecule is CCC(=O)c1ccccc1OCOC. The van der Waals surface area contributed by atoms with Crippen LogP contribution in [0.1, 0.15) is 23.7 Å². The Kier molecular flexibility index (Phi) is 4.13. The second kappa shape index (κ2) is 5.40. The summed E-state index contributed by atoms with van der Waals surface area (Å²) in [4.78, 5) is 11.5. The summed E-state index contributed by atoms with van der Waals surface area (Å²) in [5, 5.41) is 0. The number of para-hydroxylation sites is 1. The lowest BCUT2D eigenvalue weighted by Gasteiger charge is -2.08. The van der Waals surface area contributed by atoms with Gasteiger partial charge in [-0.3, -0.25) is 4.79 Å². The summed E-state index contributed by atoms with van der Waals surface area (Å²) < 4.78 is 10.0. The fraction of sp³-hybridized carbons (Fsp3) is 0.364. The molecule has 0 N–H and O–H groups in total. The van der Waals surface area contributed by atoms with E-state index in [1.807, 2.05) is 19.1 Å². The van der Waals surface area contributed by atoms with E-state index in [0.717, 1.165) is 0 Å². The summed E-state index contributed by atoms with van der Waals surface area (Å²) in [6.07, 6.45) is 0.480. The van der Waals surface area contributed by atoms with Crippen molar-refractivity contribution < 1.29 is 14.3 Å². The van der Waals surface area contributed by atoms with Gasteiger partial charge in [0.05, 0.1) is 5.56 Å². The molecule has 1 aromatic rings. The number of benzene rings is 1. The molecule has 0 heterocycles. The van der Waals surface area contributed by atoms with Gasteiger partial charge in [-0.25, -0.2) is 0 Å². The number of carbonyl (C=O) groups excluding carboxylic acids is 1. The Morgan fingerprint density at radius 3 is 2.71 bits per heavy atom. The molecule has 0 aliphatic rings. The van der Waals surface area contributed by atoms with E-state index in [1.165, 1.54) is 0 Å². The van der Waals surface area contributed by atoms with Crippen molar-refractivity contribution in [3.8, 4) is 5.75 Å². The molecule has 0 aromatic heterocycles. The molecule has 0 spiro atoms. The van der Waals surface area contributed by atoms with Crippen molar-refractivity contribution in [3.05, 3.63) is 29.8 Å². The van der Waals surface area contributed by atoms with Gasteiger partial charge in [0.15, 0.2) is 12.6 Å². The van der Waals surface area contributed by atoms with Crippen LogP contribution in [0.3, 0.4) is 0 Å². The van der Waals surface area contributed by atoms with Gasteiger partial charge in [0.25, 0.3) is 0 Å². The van der Waals surface area contributed by atoms with Gasteiger partial charge >= 0.3 is 0 Å². The molecule has 76 valence electrons.